The monoisotopic (exact) mass is 341 g/mol. The molecule has 2 aliphatic rings. The van der Waals surface area contributed by atoms with Crippen LogP contribution in [0.2, 0.25) is 0 Å². The Kier molecular flexibility index (Phi) is 4.41. The molecule has 0 aliphatic carbocycles. The number of carbonyl (C=O) groups is 1. The Morgan fingerprint density at radius 2 is 1.91 bits per heavy atom. The van der Waals surface area contributed by atoms with E-state index in [0.717, 1.165) is 24.5 Å². The van der Waals surface area contributed by atoms with Crippen LogP contribution < -0.4 is 5.32 Å². The first-order valence-electron chi connectivity index (χ1n) is 7.99. The third-order valence-corrected chi connectivity index (χ3v) is 6.08. The van der Waals surface area contributed by atoms with Gasteiger partial charge in [-0.3, -0.25) is 4.79 Å². The zero-order valence-corrected chi connectivity index (χ0v) is 14.3. The van der Waals surface area contributed by atoms with Crippen LogP contribution in [0.4, 0.5) is 0 Å². The highest BCUT2D eigenvalue weighted by Crippen LogP contribution is 2.21. The highest BCUT2D eigenvalue weighted by atomic mass is 32.2. The maximum absolute atomic E-state index is 12.4. The van der Waals surface area contributed by atoms with E-state index in [9.17, 15) is 13.2 Å². The van der Waals surface area contributed by atoms with Crippen LogP contribution in [-0.4, -0.2) is 58.8 Å². The number of nitrogens with zero attached hydrogens (tertiary/aromatic N) is 4. The summed E-state index contributed by atoms with van der Waals surface area (Å²) in [7, 11) is -3.15. The maximum atomic E-state index is 12.4. The molecule has 1 fully saturated rings. The lowest BCUT2D eigenvalue weighted by molar-refractivity contribution is -0.127. The number of nitrogens with one attached hydrogen (secondary N) is 1. The van der Waals surface area contributed by atoms with E-state index in [2.05, 4.69) is 20.1 Å². The molecule has 0 radical (unpaired) electrons. The third kappa shape index (κ3) is 3.55. The van der Waals surface area contributed by atoms with Crippen molar-refractivity contribution < 1.29 is 13.2 Å². The van der Waals surface area contributed by atoms with Gasteiger partial charge in [0.25, 0.3) is 0 Å². The van der Waals surface area contributed by atoms with Crippen LogP contribution >= 0.6 is 0 Å². The molecule has 1 N–H and O–H groups in total. The molecule has 9 heteroatoms. The van der Waals surface area contributed by atoms with Crippen molar-refractivity contribution in [1.82, 2.24) is 24.4 Å². The molecule has 1 atom stereocenters. The van der Waals surface area contributed by atoms with Gasteiger partial charge in [0.1, 0.15) is 11.6 Å². The minimum Gasteiger partial charge on any atom is -0.351 e. The number of fused-ring (bicyclic) bond motifs is 1. The Morgan fingerprint density at radius 1 is 1.22 bits per heavy atom. The number of aromatic nitrogens is 3. The summed E-state index contributed by atoms with van der Waals surface area (Å²) in [4.78, 5) is 12.4. The fourth-order valence-corrected chi connectivity index (χ4v) is 4.22. The Labute approximate surface area is 136 Å². The Morgan fingerprint density at radius 3 is 2.57 bits per heavy atom. The fraction of sp³-hybridized carbons (Fsp3) is 0.786. The summed E-state index contributed by atoms with van der Waals surface area (Å²) in [5, 5.41) is 11.3. The molecule has 0 saturated carbocycles. The van der Waals surface area contributed by atoms with Gasteiger partial charge in [-0.25, -0.2) is 12.7 Å². The topological polar surface area (TPSA) is 97.2 Å². The summed E-state index contributed by atoms with van der Waals surface area (Å²) in [6.07, 6.45) is 4.07. The van der Waals surface area contributed by atoms with E-state index in [0.29, 0.717) is 32.5 Å². The summed E-state index contributed by atoms with van der Waals surface area (Å²) < 4.78 is 26.5. The normalized spacial score (nSPS) is 23.5. The molecule has 0 bridgehead atoms. The van der Waals surface area contributed by atoms with Gasteiger partial charge in [0.05, 0.1) is 6.26 Å². The summed E-state index contributed by atoms with van der Waals surface area (Å²) >= 11 is 0. The van der Waals surface area contributed by atoms with Crippen LogP contribution in [0.5, 0.6) is 0 Å². The van der Waals surface area contributed by atoms with E-state index >= 15 is 0 Å². The van der Waals surface area contributed by atoms with Crippen LogP contribution in [0.3, 0.4) is 0 Å². The number of hydrogen-bond donors (Lipinski definition) is 1. The molecule has 0 spiro atoms. The van der Waals surface area contributed by atoms with Gasteiger partial charge in [-0.1, -0.05) is 0 Å². The van der Waals surface area contributed by atoms with Crippen molar-refractivity contribution in [3.8, 4) is 0 Å². The summed E-state index contributed by atoms with van der Waals surface area (Å²) in [6, 6.07) is 0.0950. The maximum Gasteiger partial charge on any atom is 0.223 e. The predicted molar refractivity (Wildman–Crippen MR) is 84.2 cm³/mol. The van der Waals surface area contributed by atoms with Crippen LogP contribution in [0.25, 0.3) is 0 Å². The quantitative estimate of drug-likeness (QED) is 0.813. The molecule has 3 rings (SSSR count). The summed E-state index contributed by atoms with van der Waals surface area (Å²) in [6.45, 7) is 3.48. The Balaban J connectivity index is 1.54. The number of sulfonamides is 1. The van der Waals surface area contributed by atoms with Crippen molar-refractivity contribution in [2.75, 3.05) is 19.3 Å². The van der Waals surface area contributed by atoms with E-state index in [1.165, 1.54) is 10.6 Å². The van der Waals surface area contributed by atoms with Gasteiger partial charge in [0, 0.05) is 38.0 Å². The van der Waals surface area contributed by atoms with Crippen LogP contribution in [0.1, 0.15) is 30.9 Å². The van der Waals surface area contributed by atoms with E-state index in [-0.39, 0.29) is 17.9 Å². The molecule has 1 aromatic heterocycles. The molecule has 1 saturated heterocycles. The van der Waals surface area contributed by atoms with E-state index < -0.39 is 10.0 Å². The lowest BCUT2D eigenvalue weighted by atomic mass is 9.96. The van der Waals surface area contributed by atoms with E-state index in [4.69, 9.17) is 0 Å². The van der Waals surface area contributed by atoms with Crippen molar-refractivity contribution in [2.45, 2.75) is 45.2 Å². The Bertz CT molecular complexity index is 691. The minimum absolute atomic E-state index is 0.0392. The second kappa shape index (κ2) is 6.20. The van der Waals surface area contributed by atoms with Crippen molar-refractivity contribution >= 4 is 15.9 Å². The van der Waals surface area contributed by atoms with Gasteiger partial charge in [0.15, 0.2) is 0 Å². The van der Waals surface area contributed by atoms with Crippen molar-refractivity contribution in [3.63, 3.8) is 0 Å². The molecule has 1 amide bonds. The zero-order valence-electron chi connectivity index (χ0n) is 13.5. The van der Waals surface area contributed by atoms with E-state index in [1.54, 1.807) is 0 Å². The highest BCUT2D eigenvalue weighted by molar-refractivity contribution is 7.88. The predicted octanol–water partition coefficient (Wildman–Crippen LogP) is -0.311. The molecule has 128 valence electrons. The minimum atomic E-state index is -3.15. The summed E-state index contributed by atoms with van der Waals surface area (Å²) in [5.41, 5.74) is 0. The van der Waals surface area contributed by atoms with Crippen LogP contribution in [-0.2, 0) is 27.8 Å². The third-order valence-electron chi connectivity index (χ3n) is 4.77. The fourth-order valence-electron chi connectivity index (χ4n) is 3.35. The molecule has 1 unspecified atom stereocenters. The first-order valence-corrected chi connectivity index (χ1v) is 9.83. The molecule has 23 heavy (non-hydrogen) atoms. The second-order valence-electron chi connectivity index (χ2n) is 6.45. The number of amides is 1. The molecule has 0 aromatic carbocycles. The van der Waals surface area contributed by atoms with Crippen LogP contribution in [0.15, 0.2) is 0 Å². The van der Waals surface area contributed by atoms with Crippen molar-refractivity contribution in [3.05, 3.63) is 11.6 Å². The van der Waals surface area contributed by atoms with Gasteiger partial charge in [0.2, 0.25) is 15.9 Å². The second-order valence-corrected chi connectivity index (χ2v) is 8.44. The van der Waals surface area contributed by atoms with Gasteiger partial charge >= 0.3 is 0 Å². The first kappa shape index (κ1) is 16.4. The standard InChI is InChI=1S/C14H23N5O3S/c1-10-16-17-13-4-3-12(9-19(10)13)15-14(20)11-5-7-18(8-6-11)23(2,21)22/h11-12H,3-9H2,1-2H3,(H,15,20). The Hall–Kier alpha value is -1.48. The number of piperidine rings is 1. The number of rotatable bonds is 3. The van der Waals surface area contributed by atoms with Crippen molar-refractivity contribution in [2.24, 2.45) is 5.92 Å². The lowest BCUT2D eigenvalue weighted by Crippen LogP contribution is -2.47. The van der Waals surface area contributed by atoms with Crippen LogP contribution in [0, 0.1) is 12.8 Å². The summed E-state index contributed by atoms with van der Waals surface area (Å²) in [5.74, 6) is 1.80. The SMILES string of the molecule is Cc1nnc2n1CC(NC(=O)C1CCN(S(C)(=O)=O)CC1)CC2. The largest absolute Gasteiger partial charge is 0.351 e. The van der Waals surface area contributed by atoms with Gasteiger partial charge in [-0.2, -0.15) is 0 Å². The molecule has 3 heterocycles. The number of carbonyl (C=O) groups excluding carboxylic acids is 1. The smallest absolute Gasteiger partial charge is 0.223 e. The number of aryl methyl sites for hydroxylation is 2. The average molecular weight is 341 g/mol. The van der Waals surface area contributed by atoms with Gasteiger partial charge < -0.3 is 9.88 Å². The molecule has 2 aliphatic heterocycles. The average Bonchev–Trinajstić information content (AvgIpc) is 2.88. The molecular formula is C14H23N5O3S. The van der Waals surface area contributed by atoms with E-state index in [1.807, 2.05) is 6.92 Å². The zero-order chi connectivity index (χ0) is 16.6. The highest BCUT2D eigenvalue weighted by Gasteiger charge is 2.31. The van der Waals surface area contributed by atoms with Gasteiger partial charge in [-0.05, 0) is 26.2 Å². The lowest BCUT2D eigenvalue weighted by Gasteiger charge is -2.31. The number of hydrogen-bond acceptors (Lipinski definition) is 5. The van der Waals surface area contributed by atoms with Gasteiger partial charge in [-0.15, -0.1) is 10.2 Å². The molecule has 1 aromatic rings. The first-order chi connectivity index (χ1) is 10.8. The molecular weight excluding hydrogens is 318 g/mol. The molecule has 8 nitrogen and oxygen atoms in total. The van der Waals surface area contributed by atoms with Crippen molar-refractivity contribution in [1.29, 1.82) is 0 Å².